The summed E-state index contributed by atoms with van der Waals surface area (Å²) in [6.45, 7) is 2.87. The van der Waals surface area contributed by atoms with Gasteiger partial charge in [0.05, 0.1) is 5.16 Å². The molecule has 0 aliphatic rings. The van der Waals surface area contributed by atoms with E-state index in [1.807, 2.05) is 0 Å². The molecule has 10 heteroatoms. The Bertz CT molecular complexity index is 254. The lowest BCUT2D eigenvalue weighted by molar-refractivity contribution is -0.156. The molecule has 0 saturated carbocycles. The van der Waals surface area contributed by atoms with Crippen LogP contribution in [0.2, 0.25) is 0 Å². The lowest BCUT2D eigenvalue weighted by Gasteiger charge is -2.22. The van der Waals surface area contributed by atoms with Gasteiger partial charge in [0.25, 0.3) is 0 Å². The second kappa shape index (κ2) is 8.88. The lowest BCUT2D eigenvalue weighted by atomic mass is 10.2. The van der Waals surface area contributed by atoms with E-state index in [0.717, 1.165) is 0 Å². The van der Waals surface area contributed by atoms with E-state index in [4.69, 9.17) is 20.3 Å². The maximum Gasteiger partial charge on any atom is 0.446 e. The van der Waals surface area contributed by atoms with Gasteiger partial charge in [-0.05, 0) is 13.8 Å². The van der Waals surface area contributed by atoms with Crippen LogP contribution >= 0.6 is 19.2 Å². The second-order valence-electron chi connectivity index (χ2n) is 3.22. The summed E-state index contributed by atoms with van der Waals surface area (Å²) in [4.78, 5) is 25.9. The SMILES string of the molecule is CC(C)(CN)P(=O)(O)O.CCl.O=CC(F)(F)F. The summed E-state index contributed by atoms with van der Waals surface area (Å²) in [5.74, 6) is 0. The minimum absolute atomic E-state index is 0.00270. The predicted octanol–water partition coefficient (Wildman–Crippen LogP) is 1.50. The first-order valence-electron chi connectivity index (χ1n) is 4.04. The summed E-state index contributed by atoms with van der Waals surface area (Å²) < 4.78 is 41.7. The first-order chi connectivity index (χ1) is 7.37. The highest BCUT2D eigenvalue weighted by atomic mass is 35.5. The van der Waals surface area contributed by atoms with E-state index < -0.39 is 25.2 Å². The van der Waals surface area contributed by atoms with Crippen molar-refractivity contribution in [2.24, 2.45) is 5.73 Å². The fourth-order valence-corrected chi connectivity index (χ4v) is 0.357. The molecule has 0 heterocycles. The van der Waals surface area contributed by atoms with E-state index in [1.165, 1.54) is 20.2 Å². The van der Waals surface area contributed by atoms with Gasteiger partial charge < -0.3 is 15.5 Å². The van der Waals surface area contributed by atoms with Crippen molar-refractivity contribution in [3.05, 3.63) is 0 Å². The van der Waals surface area contributed by atoms with Crippen LogP contribution in [0.1, 0.15) is 13.8 Å². The molecule has 5 nitrogen and oxygen atoms in total. The third-order valence-electron chi connectivity index (χ3n) is 1.42. The maximum absolute atomic E-state index is 10.5. The normalized spacial score (nSPS) is 11.6. The number of aldehydes is 1. The Hall–Kier alpha value is -0.140. The average molecular weight is 302 g/mol. The molecule has 17 heavy (non-hydrogen) atoms. The summed E-state index contributed by atoms with van der Waals surface area (Å²) in [6, 6.07) is 0. The Morgan fingerprint density at radius 2 is 1.53 bits per heavy atom. The van der Waals surface area contributed by atoms with E-state index in [0.29, 0.717) is 0 Å². The van der Waals surface area contributed by atoms with Gasteiger partial charge in [0.1, 0.15) is 0 Å². The van der Waals surface area contributed by atoms with Gasteiger partial charge in [-0.15, -0.1) is 11.6 Å². The molecule has 0 aliphatic carbocycles. The Kier molecular flexibility index (Phi) is 11.5. The Morgan fingerprint density at radius 1 is 1.29 bits per heavy atom. The van der Waals surface area contributed by atoms with E-state index in [9.17, 15) is 17.7 Å². The van der Waals surface area contributed by atoms with Gasteiger partial charge >= 0.3 is 13.8 Å². The molecular formula is C7H16ClF3NO4P. The summed E-state index contributed by atoms with van der Waals surface area (Å²) >= 11 is 4.64. The molecule has 0 aromatic rings. The zero-order chi connectivity index (χ0) is 14.9. The Morgan fingerprint density at radius 3 is 1.53 bits per heavy atom. The van der Waals surface area contributed by atoms with Gasteiger partial charge in [-0.1, -0.05) is 0 Å². The zero-order valence-corrected chi connectivity index (χ0v) is 11.2. The number of hydrogen-bond acceptors (Lipinski definition) is 3. The molecule has 0 saturated heterocycles. The van der Waals surface area contributed by atoms with Gasteiger partial charge in [-0.3, -0.25) is 9.36 Å². The lowest BCUT2D eigenvalue weighted by Crippen LogP contribution is -2.30. The van der Waals surface area contributed by atoms with Crippen molar-refractivity contribution < 1.29 is 32.3 Å². The number of nitrogens with two attached hydrogens (primary N) is 1. The molecule has 4 N–H and O–H groups in total. The van der Waals surface area contributed by atoms with Crippen molar-refractivity contribution in [1.82, 2.24) is 0 Å². The minimum Gasteiger partial charge on any atom is -0.329 e. The molecule has 0 rings (SSSR count). The molecule has 0 aliphatic heterocycles. The van der Waals surface area contributed by atoms with E-state index in [1.54, 1.807) is 0 Å². The van der Waals surface area contributed by atoms with Crippen LogP contribution in [-0.4, -0.2) is 40.3 Å². The van der Waals surface area contributed by atoms with Gasteiger partial charge in [0.15, 0.2) is 0 Å². The molecule has 0 amide bonds. The third-order valence-corrected chi connectivity index (χ3v) is 3.18. The van der Waals surface area contributed by atoms with Gasteiger partial charge in [0.2, 0.25) is 6.29 Å². The molecule has 0 spiro atoms. The predicted molar refractivity (Wildman–Crippen MR) is 59.1 cm³/mol. The van der Waals surface area contributed by atoms with Crippen molar-refractivity contribution in [1.29, 1.82) is 0 Å². The van der Waals surface area contributed by atoms with Crippen LogP contribution in [-0.2, 0) is 9.36 Å². The molecular weight excluding hydrogens is 286 g/mol. The van der Waals surface area contributed by atoms with Crippen molar-refractivity contribution in [2.75, 3.05) is 12.9 Å². The summed E-state index contributed by atoms with van der Waals surface area (Å²) in [6.07, 6.45) is -4.23. The zero-order valence-electron chi connectivity index (χ0n) is 9.53. The smallest absolute Gasteiger partial charge is 0.329 e. The third kappa shape index (κ3) is 13.8. The van der Waals surface area contributed by atoms with Crippen molar-refractivity contribution in [3.8, 4) is 0 Å². The first kappa shape index (κ1) is 22.1. The van der Waals surface area contributed by atoms with Crippen molar-refractivity contribution >= 4 is 25.5 Å². The number of carbonyl (C=O) groups excluding carboxylic acids is 1. The standard InChI is InChI=1S/C4H12NO3P.C2HF3O.CH3Cl/c1-4(2,3-5)9(6,7)8;3-2(4,5)1-6;1-2/h3,5H2,1-2H3,(H2,6,7,8);1H;1H3. The monoisotopic (exact) mass is 301 g/mol. The number of carbonyl (C=O) groups is 1. The van der Waals surface area contributed by atoms with Crippen LogP contribution in [0.3, 0.4) is 0 Å². The molecule has 0 radical (unpaired) electrons. The van der Waals surface area contributed by atoms with Crippen LogP contribution in [0, 0.1) is 0 Å². The topological polar surface area (TPSA) is 101 Å². The number of rotatable bonds is 2. The summed E-state index contributed by atoms with van der Waals surface area (Å²) in [5.41, 5.74) is 5.10. The summed E-state index contributed by atoms with van der Waals surface area (Å²) in [5, 5.41) is -1.08. The van der Waals surface area contributed by atoms with Crippen LogP contribution < -0.4 is 5.73 Å². The molecule has 0 unspecified atom stereocenters. The fourth-order valence-electron chi connectivity index (χ4n) is 0.119. The van der Waals surface area contributed by atoms with Gasteiger partial charge in [0, 0.05) is 12.9 Å². The second-order valence-corrected chi connectivity index (χ2v) is 5.52. The van der Waals surface area contributed by atoms with E-state index in [-0.39, 0.29) is 6.54 Å². The molecule has 0 atom stereocenters. The Balaban J connectivity index is -0.000000213. The van der Waals surface area contributed by atoms with Crippen LogP contribution in [0.4, 0.5) is 13.2 Å². The van der Waals surface area contributed by atoms with E-state index in [2.05, 4.69) is 11.6 Å². The van der Waals surface area contributed by atoms with Crippen molar-refractivity contribution in [2.45, 2.75) is 25.2 Å². The van der Waals surface area contributed by atoms with Crippen LogP contribution in [0.15, 0.2) is 0 Å². The van der Waals surface area contributed by atoms with E-state index >= 15 is 0 Å². The molecule has 106 valence electrons. The largest absolute Gasteiger partial charge is 0.446 e. The van der Waals surface area contributed by atoms with Crippen LogP contribution in [0.25, 0.3) is 0 Å². The van der Waals surface area contributed by atoms with Gasteiger partial charge in [-0.25, -0.2) is 0 Å². The minimum atomic E-state index is -4.64. The number of hydrogen-bond donors (Lipinski definition) is 3. The van der Waals surface area contributed by atoms with Gasteiger partial charge in [-0.2, -0.15) is 13.2 Å². The fraction of sp³-hybridized carbons (Fsp3) is 0.857. The Labute approximate surface area is 102 Å². The highest BCUT2D eigenvalue weighted by Gasteiger charge is 2.35. The van der Waals surface area contributed by atoms with Crippen molar-refractivity contribution in [3.63, 3.8) is 0 Å². The quantitative estimate of drug-likeness (QED) is 0.408. The van der Waals surface area contributed by atoms with Crippen LogP contribution in [0.5, 0.6) is 0 Å². The molecule has 0 aromatic heterocycles. The maximum atomic E-state index is 10.5. The highest BCUT2D eigenvalue weighted by molar-refractivity contribution is 7.53. The number of alkyl halides is 4. The molecule has 0 aromatic carbocycles. The first-order valence-corrected chi connectivity index (χ1v) is 6.41. The molecule has 0 bridgehead atoms. The average Bonchev–Trinajstić information content (AvgIpc) is 2.19. The highest BCUT2D eigenvalue weighted by Crippen LogP contribution is 2.49. The molecule has 0 fully saturated rings. The summed E-state index contributed by atoms with van der Waals surface area (Å²) in [7, 11) is -3.99. The number of halogens is 4.